The summed E-state index contributed by atoms with van der Waals surface area (Å²) in [6, 6.07) is 1.36. The average Bonchev–Trinajstić information content (AvgIpc) is 3.15. The van der Waals surface area contributed by atoms with Gasteiger partial charge in [-0.3, -0.25) is 9.89 Å². The van der Waals surface area contributed by atoms with E-state index in [2.05, 4.69) is 27.4 Å². The van der Waals surface area contributed by atoms with Gasteiger partial charge >= 0.3 is 0 Å². The molecule has 1 aliphatic heterocycles. The van der Waals surface area contributed by atoms with Gasteiger partial charge in [0.1, 0.15) is 0 Å². The van der Waals surface area contributed by atoms with Crippen LogP contribution in [0.3, 0.4) is 0 Å². The first-order chi connectivity index (χ1) is 9.68. The first kappa shape index (κ1) is 14.1. The predicted molar refractivity (Wildman–Crippen MR) is 80.9 cm³/mol. The van der Waals surface area contributed by atoms with Gasteiger partial charge in [0.2, 0.25) is 0 Å². The number of aliphatic hydroxyl groups is 1. The Bertz CT molecular complexity index is 363. The summed E-state index contributed by atoms with van der Waals surface area (Å²) in [5, 5.41) is 17.0. The van der Waals surface area contributed by atoms with E-state index in [1.54, 1.807) is 0 Å². The van der Waals surface area contributed by atoms with Crippen molar-refractivity contribution in [1.29, 1.82) is 0 Å². The Kier molecular flexibility index (Phi) is 4.17. The summed E-state index contributed by atoms with van der Waals surface area (Å²) in [7, 11) is 0. The van der Waals surface area contributed by atoms with Crippen LogP contribution >= 0.6 is 0 Å². The number of rotatable bonds is 5. The molecule has 0 aromatic heterocycles. The molecule has 1 unspecified atom stereocenters. The standard InChI is InChI=1S/C15H28N4O/c1-2-16-14(17-11-15(20)7-3-8-15)18-12-6-9-19(10-12)13-4-5-13/h12-13,20H,2-11H2,1H3,(H2,16,17,18). The normalized spacial score (nSPS) is 30.1. The Morgan fingerprint density at radius 2 is 2.15 bits per heavy atom. The highest BCUT2D eigenvalue weighted by Gasteiger charge is 2.35. The molecule has 20 heavy (non-hydrogen) atoms. The zero-order chi connectivity index (χ0) is 14.0. The quantitative estimate of drug-likeness (QED) is 0.512. The van der Waals surface area contributed by atoms with Gasteiger partial charge in [0.05, 0.1) is 12.1 Å². The Morgan fingerprint density at radius 1 is 1.35 bits per heavy atom. The van der Waals surface area contributed by atoms with Gasteiger partial charge in [0, 0.05) is 31.7 Å². The van der Waals surface area contributed by atoms with Crippen LogP contribution in [0.1, 0.15) is 45.4 Å². The number of hydrogen-bond acceptors (Lipinski definition) is 3. The maximum atomic E-state index is 10.1. The first-order valence-electron chi connectivity index (χ1n) is 8.20. The second-order valence-electron chi connectivity index (χ2n) is 6.63. The minimum Gasteiger partial charge on any atom is -0.388 e. The van der Waals surface area contributed by atoms with E-state index in [9.17, 15) is 5.11 Å². The lowest BCUT2D eigenvalue weighted by Crippen LogP contribution is -2.46. The molecule has 0 amide bonds. The summed E-state index contributed by atoms with van der Waals surface area (Å²) in [6.07, 6.45) is 6.89. The molecular weight excluding hydrogens is 252 g/mol. The molecule has 1 atom stereocenters. The fourth-order valence-corrected chi connectivity index (χ4v) is 3.16. The Balaban J connectivity index is 1.49. The van der Waals surface area contributed by atoms with Crippen LogP contribution in [-0.4, -0.2) is 59.8 Å². The van der Waals surface area contributed by atoms with Crippen molar-refractivity contribution >= 4 is 5.96 Å². The molecule has 5 nitrogen and oxygen atoms in total. The lowest BCUT2D eigenvalue weighted by Gasteiger charge is -2.35. The number of nitrogens with one attached hydrogen (secondary N) is 2. The Hall–Kier alpha value is -0.810. The highest BCUT2D eigenvalue weighted by Crippen LogP contribution is 2.32. The smallest absolute Gasteiger partial charge is 0.191 e. The van der Waals surface area contributed by atoms with Gasteiger partial charge in [0.25, 0.3) is 0 Å². The molecule has 3 fully saturated rings. The lowest BCUT2D eigenvalue weighted by molar-refractivity contribution is -0.0236. The number of aliphatic imine (C=N–C) groups is 1. The topological polar surface area (TPSA) is 59.9 Å². The van der Waals surface area contributed by atoms with Gasteiger partial charge in [0.15, 0.2) is 5.96 Å². The van der Waals surface area contributed by atoms with Crippen molar-refractivity contribution in [2.24, 2.45) is 4.99 Å². The van der Waals surface area contributed by atoms with Crippen molar-refractivity contribution in [2.75, 3.05) is 26.2 Å². The molecule has 0 spiro atoms. The molecule has 3 aliphatic rings. The second kappa shape index (κ2) is 5.90. The van der Waals surface area contributed by atoms with Crippen LogP contribution in [-0.2, 0) is 0 Å². The number of guanidine groups is 1. The zero-order valence-electron chi connectivity index (χ0n) is 12.6. The summed E-state index contributed by atoms with van der Waals surface area (Å²) >= 11 is 0. The molecule has 1 heterocycles. The van der Waals surface area contributed by atoms with Crippen LogP contribution in [0.25, 0.3) is 0 Å². The fraction of sp³-hybridized carbons (Fsp3) is 0.933. The monoisotopic (exact) mass is 280 g/mol. The largest absolute Gasteiger partial charge is 0.388 e. The minimum absolute atomic E-state index is 0.504. The summed E-state index contributed by atoms with van der Waals surface area (Å²) in [5.74, 6) is 0.871. The van der Waals surface area contributed by atoms with Crippen LogP contribution in [0, 0.1) is 0 Å². The van der Waals surface area contributed by atoms with Crippen LogP contribution < -0.4 is 10.6 Å². The molecule has 114 valence electrons. The highest BCUT2D eigenvalue weighted by atomic mass is 16.3. The number of likely N-dealkylation sites (tertiary alicyclic amines) is 1. The van der Waals surface area contributed by atoms with Crippen LogP contribution in [0.5, 0.6) is 0 Å². The van der Waals surface area contributed by atoms with E-state index in [4.69, 9.17) is 0 Å². The van der Waals surface area contributed by atoms with E-state index in [0.29, 0.717) is 12.6 Å². The maximum Gasteiger partial charge on any atom is 0.191 e. The van der Waals surface area contributed by atoms with Gasteiger partial charge in [-0.2, -0.15) is 0 Å². The van der Waals surface area contributed by atoms with Crippen LogP contribution in [0.4, 0.5) is 0 Å². The average molecular weight is 280 g/mol. The molecular formula is C15H28N4O. The third kappa shape index (κ3) is 3.44. The third-order valence-electron chi connectivity index (χ3n) is 4.78. The number of hydrogen-bond donors (Lipinski definition) is 3. The van der Waals surface area contributed by atoms with E-state index < -0.39 is 5.60 Å². The van der Waals surface area contributed by atoms with Crippen LogP contribution in [0.2, 0.25) is 0 Å². The van der Waals surface area contributed by atoms with Gasteiger partial charge < -0.3 is 15.7 Å². The van der Waals surface area contributed by atoms with Gasteiger partial charge in [-0.05, 0) is 45.4 Å². The van der Waals surface area contributed by atoms with Crippen LogP contribution in [0.15, 0.2) is 4.99 Å². The summed E-state index contributed by atoms with van der Waals surface area (Å²) in [6.45, 7) is 5.83. The molecule has 0 aromatic rings. The van der Waals surface area contributed by atoms with Gasteiger partial charge in [-0.25, -0.2) is 0 Å². The van der Waals surface area contributed by atoms with E-state index in [1.807, 2.05) is 0 Å². The van der Waals surface area contributed by atoms with E-state index in [0.717, 1.165) is 44.4 Å². The summed E-state index contributed by atoms with van der Waals surface area (Å²) < 4.78 is 0. The first-order valence-corrected chi connectivity index (χ1v) is 8.20. The van der Waals surface area contributed by atoms with Gasteiger partial charge in [-0.1, -0.05) is 0 Å². The summed E-state index contributed by atoms with van der Waals surface area (Å²) in [4.78, 5) is 7.18. The SMILES string of the molecule is CCNC(=NCC1(O)CCC1)NC1CCN(C2CC2)C1. The van der Waals surface area contributed by atoms with Crippen molar-refractivity contribution in [3.63, 3.8) is 0 Å². The second-order valence-corrected chi connectivity index (χ2v) is 6.63. The maximum absolute atomic E-state index is 10.1. The molecule has 3 N–H and O–H groups in total. The van der Waals surface area contributed by atoms with E-state index in [-0.39, 0.29) is 0 Å². The van der Waals surface area contributed by atoms with E-state index in [1.165, 1.54) is 25.8 Å². The molecule has 1 saturated heterocycles. The van der Waals surface area contributed by atoms with Gasteiger partial charge in [-0.15, -0.1) is 0 Å². The minimum atomic E-state index is -0.530. The molecule has 5 heteroatoms. The van der Waals surface area contributed by atoms with Crippen molar-refractivity contribution in [2.45, 2.75) is 63.1 Å². The Labute approximate surface area is 121 Å². The third-order valence-corrected chi connectivity index (χ3v) is 4.78. The summed E-state index contributed by atoms with van der Waals surface area (Å²) in [5.41, 5.74) is -0.530. The predicted octanol–water partition coefficient (Wildman–Crippen LogP) is 0.693. The molecule has 0 radical (unpaired) electrons. The van der Waals surface area contributed by atoms with Crippen molar-refractivity contribution in [1.82, 2.24) is 15.5 Å². The Morgan fingerprint density at radius 3 is 2.75 bits per heavy atom. The van der Waals surface area contributed by atoms with Crippen molar-refractivity contribution in [3.8, 4) is 0 Å². The number of nitrogens with zero attached hydrogens (tertiary/aromatic N) is 2. The molecule has 3 rings (SSSR count). The van der Waals surface area contributed by atoms with Crippen molar-refractivity contribution < 1.29 is 5.11 Å². The molecule has 0 bridgehead atoms. The highest BCUT2D eigenvalue weighted by molar-refractivity contribution is 5.80. The van der Waals surface area contributed by atoms with E-state index >= 15 is 0 Å². The van der Waals surface area contributed by atoms with Crippen molar-refractivity contribution in [3.05, 3.63) is 0 Å². The zero-order valence-corrected chi connectivity index (χ0v) is 12.6. The lowest BCUT2D eigenvalue weighted by atomic mass is 9.80. The molecule has 0 aromatic carbocycles. The fourth-order valence-electron chi connectivity index (χ4n) is 3.16. The molecule has 2 aliphatic carbocycles. The molecule has 2 saturated carbocycles.